The summed E-state index contributed by atoms with van der Waals surface area (Å²) in [5.41, 5.74) is 3.75. The summed E-state index contributed by atoms with van der Waals surface area (Å²) in [5.74, 6) is 2.14. The van der Waals surface area contributed by atoms with Crippen LogP contribution >= 0.6 is 12.4 Å². The normalized spacial score (nSPS) is 13.3. The van der Waals surface area contributed by atoms with Crippen LogP contribution < -0.4 is 10.1 Å². The van der Waals surface area contributed by atoms with Crippen molar-refractivity contribution in [3.05, 3.63) is 65.2 Å². The molecular weight excluding hydrogens is 422 g/mol. The van der Waals surface area contributed by atoms with E-state index in [0.29, 0.717) is 11.8 Å². The lowest BCUT2D eigenvalue weighted by Crippen LogP contribution is -2.45. The molecule has 182 valence electrons. The quantitative estimate of drug-likeness (QED) is 0.396. The number of hydrogen-bond donors (Lipinski definition) is 1. The summed E-state index contributed by atoms with van der Waals surface area (Å²) in [4.78, 5) is 0. The second-order valence-electron chi connectivity index (χ2n) is 9.69. The molecule has 0 radical (unpaired) electrons. The first-order valence-electron chi connectivity index (χ1n) is 11.3. The molecule has 0 amide bonds. The molecular formula is C27H44ClNO3. The third-order valence-corrected chi connectivity index (χ3v) is 5.22. The first kappa shape index (κ1) is 30.4. The van der Waals surface area contributed by atoms with Crippen molar-refractivity contribution >= 4 is 12.4 Å². The molecule has 0 saturated carbocycles. The van der Waals surface area contributed by atoms with Crippen LogP contribution in [0.2, 0.25) is 0 Å². The fraction of sp³-hybridized carbons (Fsp3) is 0.556. The van der Waals surface area contributed by atoms with E-state index in [0.717, 1.165) is 18.6 Å². The van der Waals surface area contributed by atoms with Gasteiger partial charge in [0.2, 0.25) is 0 Å². The van der Waals surface area contributed by atoms with Crippen LogP contribution in [0.1, 0.15) is 72.1 Å². The number of nitrogens with one attached hydrogen (secondary N) is 1. The van der Waals surface area contributed by atoms with Crippen molar-refractivity contribution in [2.75, 3.05) is 0 Å². The maximum absolute atomic E-state index is 6.30. The molecule has 2 aromatic carbocycles. The Morgan fingerprint density at radius 3 is 1.97 bits per heavy atom. The molecule has 0 fully saturated rings. The maximum Gasteiger partial charge on any atom is 0.198 e. The van der Waals surface area contributed by atoms with Crippen molar-refractivity contribution in [2.45, 2.75) is 86.3 Å². The van der Waals surface area contributed by atoms with Gasteiger partial charge in [0.25, 0.3) is 0 Å². The molecule has 2 atom stereocenters. The maximum atomic E-state index is 6.30. The molecule has 0 spiro atoms. The van der Waals surface area contributed by atoms with Crippen molar-refractivity contribution < 1.29 is 14.9 Å². The second-order valence-corrected chi connectivity index (χ2v) is 9.69. The van der Waals surface area contributed by atoms with Crippen molar-refractivity contribution in [1.82, 2.24) is 5.32 Å². The smallest absolute Gasteiger partial charge is 0.198 e. The van der Waals surface area contributed by atoms with Crippen molar-refractivity contribution in [1.29, 1.82) is 0 Å². The number of halogens is 1. The van der Waals surface area contributed by atoms with Crippen molar-refractivity contribution in [2.24, 2.45) is 11.8 Å². The summed E-state index contributed by atoms with van der Waals surface area (Å²) < 4.78 is 12.5. The molecule has 5 heteroatoms. The van der Waals surface area contributed by atoms with Gasteiger partial charge in [-0.1, -0.05) is 70.2 Å². The molecule has 0 aliphatic rings. The van der Waals surface area contributed by atoms with Gasteiger partial charge < -0.3 is 14.9 Å². The van der Waals surface area contributed by atoms with Crippen LogP contribution in [0.3, 0.4) is 0 Å². The van der Waals surface area contributed by atoms with Gasteiger partial charge in [-0.3, -0.25) is 5.32 Å². The average Bonchev–Trinajstić information content (AvgIpc) is 2.63. The minimum atomic E-state index is -0.348. The number of hydrogen-bond acceptors (Lipinski definition) is 3. The molecule has 0 bridgehead atoms. The van der Waals surface area contributed by atoms with E-state index in [-0.39, 0.29) is 35.9 Å². The highest BCUT2D eigenvalue weighted by atomic mass is 35.5. The van der Waals surface area contributed by atoms with E-state index < -0.39 is 0 Å². The predicted octanol–water partition coefficient (Wildman–Crippen LogP) is 6.29. The number of rotatable bonds is 11. The van der Waals surface area contributed by atoms with Crippen molar-refractivity contribution in [3.63, 3.8) is 0 Å². The lowest BCUT2D eigenvalue weighted by Gasteiger charge is -2.32. The fourth-order valence-electron chi connectivity index (χ4n) is 3.97. The Balaban J connectivity index is 0.00000480. The number of benzene rings is 2. The van der Waals surface area contributed by atoms with E-state index in [1.54, 1.807) is 0 Å². The fourth-order valence-corrected chi connectivity index (χ4v) is 3.97. The standard InChI is InChI=1S/C27H41NO2.ClH.H2O/c1-19(2)17-23-13-12-16-26(25(23)18-20(3)4)30-22(6)29-21(5)28-27(7,8)24-14-10-9-11-15-24;;/h9-16,19-22,28H,17-18H2,1-8H3;1H;1H2. The highest BCUT2D eigenvalue weighted by molar-refractivity contribution is 5.85. The summed E-state index contributed by atoms with van der Waals surface area (Å²) in [7, 11) is 0. The molecule has 2 rings (SSSR count). The Labute approximate surface area is 201 Å². The van der Waals surface area contributed by atoms with Gasteiger partial charge in [-0.2, -0.15) is 0 Å². The molecule has 0 saturated heterocycles. The van der Waals surface area contributed by atoms with E-state index in [1.165, 1.54) is 16.7 Å². The van der Waals surface area contributed by atoms with Gasteiger partial charge in [0.1, 0.15) is 12.0 Å². The summed E-state index contributed by atoms with van der Waals surface area (Å²) in [6.45, 7) is 17.4. The van der Waals surface area contributed by atoms with Gasteiger partial charge in [0.05, 0.1) is 0 Å². The molecule has 4 nitrogen and oxygen atoms in total. The summed E-state index contributed by atoms with van der Waals surface area (Å²) >= 11 is 0. The van der Waals surface area contributed by atoms with E-state index in [1.807, 2.05) is 19.9 Å². The Kier molecular flexibility index (Phi) is 13.2. The first-order chi connectivity index (χ1) is 14.1. The lowest BCUT2D eigenvalue weighted by atomic mass is 9.92. The third-order valence-electron chi connectivity index (χ3n) is 5.22. The Morgan fingerprint density at radius 2 is 1.41 bits per heavy atom. The molecule has 3 N–H and O–H groups in total. The molecule has 32 heavy (non-hydrogen) atoms. The topological polar surface area (TPSA) is 62.0 Å². The van der Waals surface area contributed by atoms with Crippen LogP contribution in [-0.2, 0) is 23.1 Å². The van der Waals surface area contributed by atoms with E-state index in [4.69, 9.17) is 9.47 Å². The molecule has 0 aliphatic carbocycles. The van der Waals surface area contributed by atoms with Crippen LogP contribution in [0.5, 0.6) is 5.75 Å². The Morgan fingerprint density at radius 1 is 0.812 bits per heavy atom. The second kappa shape index (κ2) is 13.8. The van der Waals surface area contributed by atoms with E-state index >= 15 is 0 Å². The summed E-state index contributed by atoms with van der Waals surface area (Å²) in [6.07, 6.45) is 1.58. The highest BCUT2D eigenvalue weighted by Crippen LogP contribution is 2.29. The highest BCUT2D eigenvalue weighted by Gasteiger charge is 2.24. The molecule has 0 heterocycles. The Bertz CT molecular complexity index is 778. The van der Waals surface area contributed by atoms with Crippen LogP contribution in [0.25, 0.3) is 0 Å². The zero-order valence-corrected chi connectivity index (χ0v) is 21.9. The van der Waals surface area contributed by atoms with Crippen LogP contribution in [-0.4, -0.2) is 18.0 Å². The van der Waals surface area contributed by atoms with Gasteiger partial charge in [-0.15, -0.1) is 12.4 Å². The number of ether oxygens (including phenoxy) is 2. The molecule has 0 aliphatic heterocycles. The SMILES string of the molecule is CC(C)Cc1cccc(OC(C)OC(C)NC(C)(C)c2ccccc2)c1CC(C)C.Cl.O. The van der Waals surface area contributed by atoms with Gasteiger partial charge in [-0.25, -0.2) is 0 Å². The monoisotopic (exact) mass is 465 g/mol. The lowest BCUT2D eigenvalue weighted by molar-refractivity contribution is -0.119. The van der Waals surface area contributed by atoms with Crippen LogP contribution in [0.15, 0.2) is 48.5 Å². The average molecular weight is 466 g/mol. The minimum Gasteiger partial charge on any atom is -0.465 e. The molecule has 0 aromatic heterocycles. The van der Waals surface area contributed by atoms with Gasteiger partial charge in [0, 0.05) is 5.54 Å². The third kappa shape index (κ3) is 9.50. The largest absolute Gasteiger partial charge is 0.465 e. The zero-order valence-electron chi connectivity index (χ0n) is 21.1. The molecule has 2 aromatic rings. The Hall–Kier alpha value is -1.59. The van der Waals surface area contributed by atoms with E-state index in [9.17, 15) is 0 Å². The van der Waals surface area contributed by atoms with E-state index in [2.05, 4.69) is 89.3 Å². The van der Waals surface area contributed by atoms with Gasteiger partial charge in [-0.05, 0) is 75.1 Å². The summed E-state index contributed by atoms with van der Waals surface area (Å²) in [5, 5.41) is 3.57. The van der Waals surface area contributed by atoms with Gasteiger partial charge in [0.15, 0.2) is 6.29 Å². The van der Waals surface area contributed by atoms with Crippen molar-refractivity contribution in [3.8, 4) is 5.75 Å². The van der Waals surface area contributed by atoms with Crippen LogP contribution in [0.4, 0.5) is 0 Å². The minimum absolute atomic E-state index is 0. The summed E-state index contributed by atoms with van der Waals surface area (Å²) in [6, 6.07) is 16.9. The predicted molar refractivity (Wildman–Crippen MR) is 138 cm³/mol. The van der Waals surface area contributed by atoms with Gasteiger partial charge >= 0.3 is 0 Å². The van der Waals surface area contributed by atoms with Crippen LogP contribution in [0, 0.1) is 11.8 Å². The first-order valence-corrected chi connectivity index (χ1v) is 11.3. The zero-order chi connectivity index (χ0) is 22.3. The molecule has 2 unspecified atom stereocenters.